The van der Waals surface area contributed by atoms with Crippen LogP contribution in [0.3, 0.4) is 0 Å². The summed E-state index contributed by atoms with van der Waals surface area (Å²) >= 11 is 0. The Labute approximate surface area is 108 Å². The average molecular weight is 247 g/mol. The average Bonchev–Trinajstić information content (AvgIpc) is 3.04. The van der Waals surface area contributed by atoms with Gasteiger partial charge in [0.05, 0.1) is 18.8 Å². The van der Waals surface area contributed by atoms with Crippen molar-refractivity contribution in [3.63, 3.8) is 0 Å². The SMILES string of the molecule is NCC1(OCC2COc3ccccc32)CCCC1. The minimum atomic E-state index is -0.0580. The Bertz CT molecular complexity index is 413. The molecule has 0 amide bonds. The van der Waals surface area contributed by atoms with Crippen LogP contribution < -0.4 is 10.5 Å². The van der Waals surface area contributed by atoms with Gasteiger partial charge in [-0.25, -0.2) is 0 Å². The van der Waals surface area contributed by atoms with Gasteiger partial charge in [-0.3, -0.25) is 0 Å². The van der Waals surface area contributed by atoms with E-state index in [1.165, 1.54) is 18.4 Å². The lowest BCUT2D eigenvalue weighted by atomic mass is 10.00. The maximum Gasteiger partial charge on any atom is 0.123 e. The predicted molar refractivity (Wildman–Crippen MR) is 70.9 cm³/mol. The Kier molecular flexibility index (Phi) is 3.27. The van der Waals surface area contributed by atoms with Crippen molar-refractivity contribution in [1.82, 2.24) is 0 Å². The fourth-order valence-corrected chi connectivity index (χ4v) is 3.07. The van der Waals surface area contributed by atoms with E-state index in [1.807, 2.05) is 12.1 Å². The third-order valence-electron chi connectivity index (χ3n) is 4.28. The molecular weight excluding hydrogens is 226 g/mol. The van der Waals surface area contributed by atoms with E-state index < -0.39 is 0 Å². The molecule has 1 aliphatic heterocycles. The summed E-state index contributed by atoms with van der Waals surface area (Å²) in [6, 6.07) is 8.25. The molecule has 2 N–H and O–H groups in total. The lowest BCUT2D eigenvalue weighted by Crippen LogP contribution is -2.39. The summed E-state index contributed by atoms with van der Waals surface area (Å²) < 4.78 is 11.9. The van der Waals surface area contributed by atoms with Gasteiger partial charge in [-0.05, 0) is 18.9 Å². The number of rotatable bonds is 4. The molecule has 3 nitrogen and oxygen atoms in total. The minimum absolute atomic E-state index is 0.0580. The van der Waals surface area contributed by atoms with Crippen molar-refractivity contribution in [2.24, 2.45) is 5.73 Å². The van der Waals surface area contributed by atoms with Gasteiger partial charge in [0.2, 0.25) is 0 Å². The van der Waals surface area contributed by atoms with Crippen LogP contribution in [0.15, 0.2) is 24.3 Å². The van der Waals surface area contributed by atoms with Crippen LogP contribution in [0.1, 0.15) is 37.2 Å². The number of para-hydroxylation sites is 1. The van der Waals surface area contributed by atoms with Gasteiger partial charge < -0.3 is 15.2 Å². The highest BCUT2D eigenvalue weighted by atomic mass is 16.5. The molecule has 98 valence electrons. The number of hydrogen-bond donors (Lipinski definition) is 1. The van der Waals surface area contributed by atoms with Gasteiger partial charge in [0.25, 0.3) is 0 Å². The summed E-state index contributed by atoms with van der Waals surface area (Å²) in [5, 5.41) is 0. The summed E-state index contributed by atoms with van der Waals surface area (Å²) in [6.07, 6.45) is 4.71. The van der Waals surface area contributed by atoms with E-state index in [0.717, 1.165) is 31.8 Å². The third kappa shape index (κ3) is 2.13. The summed E-state index contributed by atoms with van der Waals surface area (Å²) in [6.45, 7) is 2.11. The second-order valence-corrected chi connectivity index (χ2v) is 5.45. The van der Waals surface area contributed by atoms with Gasteiger partial charge >= 0.3 is 0 Å². The monoisotopic (exact) mass is 247 g/mol. The molecule has 0 aromatic heterocycles. The van der Waals surface area contributed by atoms with E-state index in [-0.39, 0.29) is 5.60 Å². The highest BCUT2D eigenvalue weighted by Gasteiger charge is 2.35. The van der Waals surface area contributed by atoms with E-state index in [4.69, 9.17) is 15.2 Å². The molecule has 0 saturated heterocycles. The van der Waals surface area contributed by atoms with Crippen LogP contribution in [0, 0.1) is 0 Å². The van der Waals surface area contributed by atoms with Crippen molar-refractivity contribution in [3.8, 4) is 5.75 Å². The normalized spacial score (nSPS) is 24.8. The molecule has 2 aliphatic rings. The van der Waals surface area contributed by atoms with Crippen LogP contribution in [0.4, 0.5) is 0 Å². The Hall–Kier alpha value is -1.06. The molecule has 1 unspecified atom stereocenters. The summed E-state index contributed by atoms with van der Waals surface area (Å²) in [4.78, 5) is 0. The molecular formula is C15H21NO2. The number of hydrogen-bond acceptors (Lipinski definition) is 3. The summed E-state index contributed by atoms with van der Waals surface area (Å²) in [5.41, 5.74) is 7.11. The second-order valence-electron chi connectivity index (χ2n) is 5.45. The van der Waals surface area contributed by atoms with E-state index in [2.05, 4.69) is 12.1 Å². The molecule has 0 bridgehead atoms. The van der Waals surface area contributed by atoms with Crippen molar-refractivity contribution < 1.29 is 9.47 Å². The lowest BCUT2D eigenvalue weighted by molar-refractivity contribution is -0.0415. The van der Waals surface area contributed by atoms with Crippen LogP contribution in [0.25, 0.3) is 0 Å². The number of nitrogens with two attached hydrogens (primary N) is 1. The quantitative estimate of drug-likeness (QED) is 0.889. The fourth-order valence-electron chi connectivity index (χ4n) is 3.07. The molecule has 3 rings (SSSR count). The van der Waals surface area contributed by atoms with Crippen molar-refractivity contribution >= 4 is 0 Å². The van der Waals surface area contributed by atoms with Gasteiger partial charge in [-0.2, -0.15) is 0 Å². The second kappa shape index (κ2) is 4.90. The Balaban J connectivity index is 1.65. The Morgan fingerprint density at radius 1 is 1.28 bits per heavy atom. The molecule has 1 saturated carbocycles. The number of ether oxygens (including phenoxy) is 2. The zero-order valence-corrected chi connectivity index (χ0v) is 10.7. The maximum absolute atomic E-state index is 6.18. The van der Waals surface area contributed by atoms with Crippen molar-refractivity contribution in [2.45, 2.75) is 37.2 Å². The van der Waals surface area contributed by atoms with Crippen LogP contribution in [-0.4, -0.2) is 25.4 Å². The standard InChI is InChI=1S/C15H21NO2/c16-11-15(7-3-4-8-15)18-10-12-9-17-14-6-2-1-5-13(12)14/h1-2,5-6,12H,3-4,7-11,16H2. The van der Waals surface area contributed by atoms with Crippen LogP contribution in [0.5, 0.6) is 5.75 Å². The fraction of sp³-hybridized carbons (Fsp3) is 0.600. The molecule has 1 aromatic rings. The van der Waals surface area contributed by atoms with Gasteiger partial charge in [0, 0.05) is 18.0 Å². The zero-order valence-electron chi connectivity index (χ0n) is 10.7. The number of benzene rings is 1. The maximum atomic E-state index is 6.18. The topological polar surface area (TPSA) is 44.5 Å². The van der Waals surface area contributed by atoms with Crippen LogP contribution in [0.2, 0.25) is 0 Å². The van der Waals surface area contributed by atoms with Crippen LogP contribution >= 0.6 is 0 Å². The van der Waals surface area contributed by atoms with E-state index >= 15 is 0 Å². The summed E-state index contributed by atoms with van der Waals surface area (Å²) in [5.74, 6) is 1.38. The lowest BCUT2D eigenvalue weighted by Gasteiger charge is -2.29. The van der Waals surface area contributed by atoms with Crippen molar-refractivity contribution in [1.29, 1.82) is 0 Å². The summed E-state index contributed by atoms with van der Waals surface area (Å²) in [7, 11) is 0. The smallest absolute Gasteiger partial charge is 0.123 e. The van der Waals surface area contributed by atoms with Gasteiger partial charge in [-0.1, -0.05) is 31.0 Å². The molecule has 1 aliphatic carbocycles. The Morgan fingerprint density at radius 3 is 2.83 bits per heavy atom. The van der Waals surface area contributed by atoms with Crippen LogP contribution in [-0.2, 0) is 4.74 Å². The first-order valence-electron chi connectivity index (χ1n) is 6.89. The van der Waals surface area contributed by atoms with Gasteiger partial charge in [0.1, 0.15) is 5.75 Å². The van der Waals surface area contributed by atoms with E-state index in [9.17, 15) is 0 Å². The van der Waals surface area contributed by atoms with Gasteiger partial charge in [0.15, 0.2) is 0 Å². The molecule has 1 aromatic carbocycles. The third-order valence-corrected chi connectivity index (χ3v) is 4.28. The molecule has 18 heavy (non-hydrogen) atoms. The molecule has 1 heterocycles. The largest absolute Gasteiger partial charge is 0.493 e. The molecule has 1 atom stereocenters. The van der Waals surface area contributed by atoms with Crippen molar-refractivity contribution in [3.05, 3.63) is 29.8 Å². The Morgan fingerprint density at radius 2 is 2.06 bits per heavy atom. The van der Waals surface area contributed by atoms with E-state index in [0.29, 0.717) is 12.5 Å². The molecule has 1 fully saturated rings. The highest BCUT2D eigenvalue weighted by molar-refractivity contribution is 5.39. The van der Waals surface area contributed by atoms with Crippen molar-refractivity contribution in [2.75, 3.05) is 19.8 Å². The molecule has 0 spiro atoms. The number of fused-ring (bicyclic) bond motifs is 1. The minimum Gasteiger partial charge on any atom is -0.493 e. The molecule has 0 radical (unpaired) electrons. The molecule has 3 heteroatoms. The first kappa shape index (κ1) is 12.0. The highest BCUT2D eigenvalue weighted by Crippen LogP contribution is 2.37. The zero-order chi connectivity index (χ0) is 12.4. The first-order valence-corrected chi connectivity index (χ1v) is 6.89. The predicted octanol–water partition coefficient (Wildman–Crippen LogP) is 2.45. The van der Waals surface area contributed by atoms with E-state index in [1.54, 1.807) is 0 Å². The van der Waals surface area contributed by atoms with Gasteiger partial charge in [-0.15, -0.1) is 0 Å². The first-order chi connectivity index (χ1) is 8.83.